The van der Waals surface area contributed by atoms with Crippen LogP contribution in [0.25, 0.3) is 5.69 Å². The van der Waals surface area contributed by atoms with Crippen molar-refractivity contribution in [1.82, 2.24) is 29.9 Å². The number of carbonyl (C=O) groups is 1. The highest BCUT2D eigenvalue weighted by Gasteiger charge is 2.27. The van der Waals surface area contributed by atoms with Gasteiger partial charge in [-0.2, -0.15) is 10.2 Å². The van der Waals surface area contributed by atoms with Gasteiger partial charge in [-0.3, -0.25) is 9.89 Å². The first kappa shape index (κ1) is 17.6. The molecular weight excluding hydrogens is 367 g/mol. The molecule has 1 amide bonds. The van der Waals surface area contributed by atoms with Crippen LogP contribution in [-0.4, -0.2) is 30.5 Å². The molecule has 0 saturated carbocycles. The second-order valence-corrected chi connectivity index (χ2v) is 6.75. The van der Waals surface area contributed by atoms with E-state index in [0.29, 0.717) is 28.5 Å². The van der Waals surface area contributed by atoms with Crippen molar-refractivity contribution in [2.24, 2.45) is 0 Å². The van der Waals surface area contributed by atoms with Gasteiger partial charge in [0.25, 0.3) is 5.91 Å². The average Bonchev–Trinajstić information content (AvgIpc) is 3.35. The fraction of sp³-hybridized carbons (Fsp3) is 0.333. The summed E-state index contributed by atoms with van der Waals surface area (Å²) in [4.78, 5) is 12.8. The van der Waals surface area contributed by atoms with E-state index in [9.17, 15) is 9.18 Å². The number of aromatic amines is 1. The van der Waals surface area contributed by atoms with Crippen molar-refractivity contribution in [2.75, 3.05) is 0 Å². The molecule has 1 aromatic carbocycles. The predicted octanol–water partition coefficient (Wildman–Crippen LogP) is 2.70. The van der Waals surface area contributed by atoms with Crippen LogP contribution < -0.4 is 5.32 Å². The number of amides is 1. The van der Waals surface area contributed by atoms with E-state index in [0.717, 1.165) is 30.5 Å². The molecule has 1 aliphatic carbocycles. The van der Waals surface area contributed by atoms with E-state index in [1.807, 2.05) is 11.5 Å². The second kappa shape index (κ2) is 7.07. The van der Waals surface area contributed by atoms with Gasteiger partial charge in [-0.25, -0.2) is 9.07 Å². The first-order valence-electron chi connectivity index (χ1n) is 8.88. The van der Waals surface area contributed by atoms with Crippen LogP contribution in [-0.2, 0) is 25.9 Å². The number of hydrogen-bond donors (Lipinski definition) is 2. The molecule has 1 aliphatic rings. The zero-order chi connectivity index (χ0) is 19.0. The van der Waals surface area contributed by atoms with Crippen LogP contribution in [0.15, 0.2) is 24.3 Å². The molecule has 0 saturated heterocycles. The van der Waals surface area contributed by atoms with Crippen molar-refractivity contribution in [1.29, 1.82) is 0 Å². The van der Waals surface area contributed by atoms with Gasteiger partial charge in [0.05, 0.1) is 6.54 Å². The minimum atomic E-state index is -0.361. The Morgan fingerprint density at radius 2 is 2.19 bits per heavy atom. The Kier molecular flexibility index (Phi) is 4.61. The highest BCUT2D eigenvalue weighted by molar-refractivity contribution is 7.71. The van der Waals surface area contributed by atoms with E-state index in [1.54, 1.807) is 22.9 Å². The maximum atomic E-state index is 14.2. The van der Waals surface area contributed by atoms with Crippen molar-refractivity contribution < 1.29 is 9.18 Å². The number of aromatic nitrogens is 5. The molecule has 0 bridgehead atoms. The molecule has 0 radical (unpaired) electrons. The van der Waals surface area contributed by atoms with Crippen molar-refractivity contribution in [2.45, 2.75) is 39.3 Å². The molecule has 2 aromatic heterocycles. The summed E-state index contributed by atoms with van der Waals surface area (Å²) in [6.07, 6.45) is 2.47. The van der Waals surface area contributed by atoms with E-state index < -0.39 is 0 Å². The monoisotopic (exact) mass is 386 g/mol. The average molecular weight is 386 g/mol. The van der Waals surface area contributed by atoms with Crippen molar-refractivity contribution >= 4 is 18.1 Å². The topological polar surface area (TPSA) is 80.5 Å². The molecule has 0 aliphatic heterocycles. The van der Waals surface area contributed by atoms with Crippen molar-refractivity contribution in [3.8, 4) is 5.69 Å². The minimum absolute atomic E-state index is 0.237. The molecule has 4 rings (SSSR count). The number of carbonyl (C=O) groups excluding carboxylic acids is 1. The summed E-state index contributed by atoms with van der Waals surface area (Å²) in [5, 5.41) is 14.2. The van der Waals surface area contributed by atoms with Gasteiger partial charge in [0.2, 0.25) is 0 Å². The summed E-state index contributed by atoms with van der Waals surface area (Å²) < 4.78 is 18.1. The van der Waals surface area contributed by atoms with Crippen molar-refractivity contribution in [3.63, 3.8) is 0 Å². The molecule has 9 heteroatoms. The lowest BCUT2D eigenvalue weighted by Crippen LogP contribution is -2.26. The normalized spacial score (nSPS) is 13.0. The number of nitrogens with one attached hydrogen (secondary N) is 2. The summed E-state index contributed by atoms with van der Waals surface area (Å²) in [5.41, 5.74) is 2.51. The van der Waals surface area contributed by atoms with Gasteiger partial charge in [0.1, 0.15) is 11.5 Å². The Morgan fingerprint density at radius 3 is 2.96 bits per heavy atom. The van der Waals surface area contributed by atoms with E-state index in [4.69, 9.17) is 12.2 Å². The second-order valence-electron chi connectivity index (χ2n) is 6.36. The third-order valence-corrected chi connectivity index (χ3v) is 5.10. The molecule has 0 unspecified atom stereocenters. The summed E-state index contributed by atoms with van der Waals surface area (Å²) in [6, 6.07) is 6.46. The number of H-pyrrole nitrogens is 1. The lowest BCUT2D eigenvalue weighted by molar-refractivity contribution is 0.0943. The van der Waals surface area contributed by atoms with Gasteiger partial charge >= 0.3 is 0 Å². The highest BCUT2D eigenvalue weighted by atomic mass is 32.1. The Bertz CT molecular complexity index is 1070. The van der Waals surface area contributed by atoms with Crippen molar-refractivity contribution in [3.05, 3.63) is 57.6 Å². The number of hydrogen-bond acceptors (Lipinski definition) is 4. The Labute approximate surface area is 160 Å². The number of para-hydroxylation sites is 1. The third kappa shape index (κ3) is 3.08. The zero-order valence-corrected chi connectivity index (χ0v) is 15.6. The quantitative estimate of drug-likeness (QED) is 0.661. The molecule has 2 N–H and O–H groups in total. The maximum absolute atomic E-state index is 14.2. The van der Waals surface area contributed by atoms with Crippen LogP contribution in [0.1, 0.15) is 40.9 Å². The van der Waals surface area contributed by atoms with Gasteiger partial charge in [0.15, 0.2) is 16.3 Å². The van der Waals surface area contributed by atoms with Crippen LogP contribution >= 0.6 is 12.2 Å². The first-order valence-corrected chi connectivity index (χ1v) is 9.29. The summed E-state index contributed by atoms with van der Waals surface area (Å²) in [7, 11) is 0. The number of nitrogens with zero attached hydrogens (tertiary/aromatic N) is 4. The smallest absolute Gasteiger partial charge is 0.272 e. The van der Waals surface area contributed by atoms with E-state index in [-0.39, 0.29) is 18.3 Å². The van der Waals surface area contributed by atoms with Crippen LogP contribution in [0.3, 0.4) is 0 Å². The first-order chi connectivity index (χ1) is 13.1. The number of rotatable bonds is 5. The molecule has 3 aromatic rings. The van der Waals surface area contributed by atoms with Gasteiger partial charge < -0.3 is 9.88 Å². The van der Waals surface area contributed by atoms with E-state index >= 15 is 0 Å². The highest BCUT2D eigenvalue weighted by Crippen LogP contribution is 2.28. The SMILES string of the molecule is CCn1c(CNC(=O)c2nn(-c3ccccc3F)c3c2CCC3)n[nH]c1=S. The number of fused-ring (bicyclic) bond motifs is 1. The zero-order valence-electron chi connectivity index (χ0n) is 14.8. The molecule has 140 valence electrons. The fourth-order valence-corrected chi connectivity index (χ4v) is 3.78. The minimum Gasteiger partial charge on any atom is -0.343 e. The Balaban J connectivity index is 1.62. The molecule has 0 fully saturated rings. The molecular formula is C18H19FN6OS. The Morgan fingerprint density at radius 1 is 1.37 bits per heavy atom. The standard InChI is InChI=1S/C18H19FN6OS/c1-2-24-15(21-22-18(24)27)10-20-17(26)16-11-6-5-9-13(11)25(23-16)14-8-4-3-7-12(14)19/h3-4,7-8H,2,5-6,9-10H2,1H3,(H,20,26)(H,22,27). The molecule has 27 heavy (non-hydrogen) atoms. The van der Waals surface area contributed by atoms with Gasteiger partial charge in [-0.1, -0.05) is 12.1 Å². The molecule has 2 heterocycles. The largest absolute Gasteiger partial charge is 0.343 e. The lowest BCUT2D eigenvalue weighted by atomic mass is 10.2. The number of benzene rings is 1. The molecule has 0 atom stereocenters. The Hall–Kier alpha value is -2.81. The number of halogens is 1. The maximum Gasteiger partial charge on any atom is 0.272 e. The molecule has 7 nitrogen and oxygen atoms in total. The van der Waals surface area contributed by atoms with Crippen LogP contribution in [0.5, 0.6) is 0 Å². The molecule has 0 spiro atoms. The van der Waals surface area contributed by atoms with Crippen LogP contribution in [0.4, 0.5) is 4.39 Å². The van der Waals surface area contributed by atoms with Crippen LogP contribution in [0, 0.1) is 10.6 Å². The third-order valence-electron chi connectivity index (χ3n) is 4.79. The predicted molar refractivity (Wildman–Crippen MR) is 99.8 cm³/mol. The summed E-state index contributed by atoms with van der Waals surface area (Å²) in [6.45, 7) is 2.86. The van der Waals surface area contributed by atoms with Crippen LogP contribution in [0.2, 0.25) is 0 Å². The van der Waals surface area contributed by atoms with Gasteiger partial charge in [-0.15, -0.1) is 0 Å². The summed E-state index contributed by atoms with van der Waals surface area (Å²) >= 11 is 5.16. The summed E-state index contributed by atoms with van der Waals surface area (Å²) in [5.74, 6) is 0.000913. The van der Waals surface area contributed by atoms with Gasteiger partial charge in [-0.05, 0) is 50.5 Å². The van der Waals surface area contributed by atoms with E-state index in [1.165, 1.54) is 6.07 Å². The lowest BCUT2D eigenvalue weighted by Gasteiger charge is -2.07. The van der Waals surface area contributed by atoms with Gasteiger partial charge in [0, 0.05) is 17.8 Å². The van der Waals surface area contributed by atoms with E-state index in [2.05, 4.69) is 20.6 Å². The fourth-order valence-electron chi connectivity index (χ4n) is 3.50.